The highest BCUT2D eigenvalue weighted by Crippen LogP contribution is 2.31. The van der Waals surface area contributed by atoms with Crippen LogP contribution in [0.15, 0.2) is 72.8 Å². The summed E-state index contributed by atoms with van der Waals surface area (Å²) in [6.07, 6.45) is 0.176. The van der Waals surface area contributed by atoms with Crippen LogP contribution in [-0.2, 0) is 11.2 Å². The summed E-state index contributed by atoms with van der Waals surface area (Å²) < 4.78 is 10.8. The summed E-state index contributed by atoms with van der Waals surface area (Å²) in [4.78, 5) is 25.1. The Balaban J connectivity index is 1.60. The average molecular weight is 373 g/mol. The number of rotatable bonds is 4. The van der Waals surface area contributed by atoms with Gasteiger partial charge in [-0.3, -0.25) is 4.79 Å². The monoisotopic (exact) mass is 373 g/mol. The molecule has 3 aromatic carbocycles. The first-order valence-electron chi connectivity index (χ1n) is 8.99. The number of nitrogens with one attached hydrogen (secondary N) is 1. The summed E-state index contributed by atoms with van der Waals surface area (Å²) in [6, 6.07) is 21.9. The second-order valence-electron chi connectivity index (χ2n) is 6.54. The van der Waals surface area contributed by atoms with Gasteiger partial charge in [-0.1, -0.05) is 42.5 Å². The third-order valence-electron chi connectivity index (χ3n) is 4.77. The van der Waals surface area contributed by atoms with Crippen molar-refractivity contribution < 1.29 is 19.1 Å². The van der Waals surface area contributed by atoms with Crippen molar-refractivity contribution in [2.45, 2.75) is 12.5 Å². The Morgan fingerprint density at radius 3 is 2.57 bits per heavy atom. The molecule has 0 spiro atoms. The smallest absolute Gasteiger partial charge is 0.339 e. The minimum absolute atomic E-state index is 0.262. The maximum atomic E-state index is 12.7. The van der Waals surface area contributed by atoms with Gasteiger partial charge in [-0.25, -0.2) is 4.79 Å². The van der Waals surface area contributed by atoms with Crippen LogP contribution < -0.4 is 10.1 Å². The van der Waals surface area contributed by atoms with Gasteiger partial charge < -0.3 is 14.8 Å². The van der Waals surface area contributed by atoms with E-state index in [1.807, 2.05) is 42.5 Å². The molecule has 0 unspecified atom stereocenters. The van der Waals surface area contributed by atoms with Gasteiger partial charge in [0.2, 0.25) is 0 Å². The Kier molecular flexibility index (Phi) is 4.81. The molecule has 1 heterocycles. The Labute approximate surface area is 162 Å². The number of esters is 1. The minimum Gasteiger partial charge on any atom is -0.495 e. The number of hydrogen-bond acceptors (Lipinski definition) is 4. The van der Waals surface area contributed by atoms with Crippen LogP contribution in [0.4, 0.5) is 5.69 Å². The normalized spacial score (nSPS) is 15.3. The van der Waals surface area contributed by atoms with Gasteiger partial charge in [0, 0.05) is 12.0 Å². The predicted molar refractivity (Wildman–Crippen MR) is 106 cm³/mol. The molecule has 0 bridgehead atoms. The van der Waals surface area contributed by atoms with E-state index in [-0.39, 0.29) is 18.0 Å². The molecule has 0 radical (unpaired) electrons. The summed E-state index contributed by atoms with van der Waals surface area (Å²) in [5.41, 5.74) is 3.31. The van der Waals surface area contributed by atoms with Crippen LogP contribution in [0.3, 0.4) is 0 Å². The zero-order valence-corrected chi connectivity index (χ0v) is 15.3. The molecule has 140 valence electrons. The maximum absolute atomic E-state index is 12.7. The molecule has 0 saturated heterocycles. The van der Waals surface area contributed by atoms with E-state index < -0.39 is 0 Å². The van der Waals surface area contributed by atoms with Gasteiger partial charge in [0.25, 0.3) is 5.91 Å². The summed E-state index contributed by atoms with van der Waals surface area (Å²) in [5, 5.41) is 2.86. The van der Waals surface area contributed by atoms with Crippen LogP contribution in [-0.4, -0.2) is 19.0 Å². The molecular formula is C23H19NO4. The lowest BCUT2D eigenvalue weighted by atomic mass is 9.93. The van der Waals surface area contributed by atoms with Gasteiger partial charge >= 0.3 is 5.97 Å². The van der Waals surface area contributed by atoms with Gasteiger partial charge in [0.05, 0.1) is 18.4 Å². The van der Waals surface area contributed by atoms with Crippen LogP contribution in [0.5, 0.6) is 5.75 Å². The van der Waals surface area contributed by atoms with Crippen LogP contribution in [0.25, 0.3) is 0 Å². The van der Waals surface area contributed by atoms with Crippen molar-refractivity contribution in [2.24, 2.45) is 0 Å². The van der Waals surface area contributed by atoms with Gasteiger partial charge in [0.1, 0.15) is 11.9 Å². The largest absolute Gasteiger partial charge is 0.495 e. The summed E-state index contributed by atoms with van der Waals surface area (Å²) in [5.74, 6) is -0.0455. The van der Waals surface area contributed by atoms with Crippen molar-refractivity contribution in [2.75, 3.05) is 12.4 Å². The highest BCUT2D eigenvalue weighted by atomic mass is 16.5. The number of ether oxygens (including phenoxy) is 2. The second kappa shape index (κ2) is 7.56. The number of cyclic esters (lactones) is 1. The Bertz CT molecular complexity index is 1030. The van der Waals surface area contributed by atoms with Crippen molar-refractivity contribution >= 4 is 17.6 Å². The van der Waals surface area contributed by atoms with E-state index in [0.29, 0.717) is 29.0 Å². The van der Waals surface area contributed by atoms with E-state index in [1.54, 1.807) is 37.4 Å². The van der Waals surface area contributed by atoms with Gasteiger partial charge in [-0.05, 0) is 41.5 Å². The molecular weight excluding hydrogens is 354 g/mol. The van der Waals surface area contributed by atoms with Crippen molar-refractivity contribution in [1.29, 1.82) is 0 Å². The topological polar surface area (TPSA) is 64.6 Å². The summed E-state index contributed by atoms with van der Waals surface area (Å²) in [6.45, 7) is 0. The van der Waals surface area contributed by atoms with Crippen LogP contribution >= 0.6 is 0 Å². The quantitative estimate of drug-likeness (QED) is 0.689. The van der Waals surface area contributed by atoms with Crippen LogP contribution in [0.1, 0.15) is 37.9 Å². The molecule has 4 rings (SSSR count). The fraction of sp³-hybridized carbons (Fsp3) is 0.130. The lowest BCUT2D eigenvalue weighted by molar-refractivity contribution is 0.0252. The number of hydrogen-bond donors (Lipinski definition) is 1. The van der Waals surface area contributed by atoms with Gasteiger partial charge in [0.15, 0.2) is 0 Å². The molecule has 1 N–H and O–H groups in total. The van der Waals surface area contributed by atoms with Gasteiger partial charge in [-0.2, -0.15) is 0 Å². The van der Waals surface area contributed by atoms with Crippen molar-refractivity contribution in [3.8, 4) is 5.75 Å². The number of amides is 1. The molecule has 0 saturated carbocycles. The molecule has 3 aromatic rings. The van der Waals surface area contributed by atoms with Crippen LogP contribution in [0.2, 0.25) is 0 Å². The van der Waals surface area contributed by atoms with Gasteiger partial charge in [-0.15, -0.1) is 0 Å². The van der Waals surface area contributed by atoms with Crippen molar-refractivity contribution in [3.63, 3.8) is 0 Å². The highest BCUT2D eigenvalue weighted by Gasteiger charge is 2.28. The first-order valence-corrected chi connectivity index (χ1v) is 8.99. The SMILES string of the molecule is COc1ccccc1NC(=O)c1ccc2c(c1)C[C@@H](c1ccccc1)OC2=O. The molecule has 28 heavy (non-hydrogen) atoms. The number of fused-ring (bicyclic) bond motifs is 1. The minimum atomic E-state index is -0.369. The molecule has 0 aromatic heterocycles. The molecule has 1 amide bonds. The zero-order chi connectivity index (χ0) is 19.5. The maximum Gasteiger partial charge on any atom is 0.339 e. The number of anilines is 1. The third-order valence-corrected chi connectivity index (χ3v) is 4.77. The molecule has 0 aliphatic carbocycles. The Morgan fingerprint density at radius 2 is 1.79 bits per heavy atom. The second-order valence-corrected chi connectivity index (χ2v) is 6.54. The first-order chi connectivity index (χ1) is 13.7. The predicted octanol–water partition coefficient (Wildman–Crippen LogP) is 4.40. The molecule has 5 heteroatoms. The first kappa shape index (κ1) is 17.8. The third kappa shape index (κ3) is 3.47. The summed E-state index contributed by atoms with van der Waals surface area (Å²) in [7, 11) is 1.55. The number of para-hydroxylation sites is 2. The number of carbonyl (C=O) groups excluding carboxylic acids is 2. The van der Waals surface area contributed by atoms with E-state index in [9.17, 15) is 9.59 Å². The van der Waals surface area contributed by atoms with Crippen molar-refractivity contribution in [3.05, 3.63) is 95.1 Å². The van der Waals surface area contributed by atoms with Crippen LogP contribution in [0, 0.1) is 0 Å². The van der Waals surface area contributed by atoms with E-state index in [0.717, 1.165) is 11.1 Å². The van der Waals surface area contributed by atoms with E-state index >= 15 is 0 Å². The molecule has 1 atom stereocenters. The highest BCUT2D eigenvalue weighted by molar-refractivity contribution is 6.06. The number of methoxy groups -OCH3 is 1. The van der Waals surface area contributed by atoms with E-state index in [4.69, 9.17) is 9.47 Å². The molecule has 0 fully saturated rings. The van der Waals surface area contributed by atoms with E-state index in [1.165, 1.54) is 0 Å². The fourth-order valence-electron chi connectivity index (χ4n) is 3.33. The molecule has 1 aliphatic rings. The molecule has 5 nitrogen and oxygen atoms in total. The number of benzene rings is 3. The average Bonchev–Trinajstić information content (AvgIpc) is 2.74. The Hall–Kier alpha value is -3.60. The van der Waals surface area contributed by atoms with Crippen molar-refractivity contribution in [1.82, 2.24) is 0 Å². The Morgan fingerprint density at radius 1 is 1.04 bits per heavy atom. The number of carbonyl (C=O) groups is 2. The standard InChI is InChI=1S/C23H19NO4/c1-27-20-10-6-5-9-19(20)24-22(25)16-11-12-18-17(13-16)14-21(28-23(18)26)15-7-3-2-4-8-15/h2-13,21H,14H2,1H3,(H,24,25)/t21-/m0/s1. The molecule has 1 aliphatic heterocycles. The van der Waals surface area contributed by atoms with E-state index in [2.05, 4.69) is 5.32 Å². The summed E-state index contributed by atoms with van der Waals surface area (Å²) >= 11 is 0. The fourth-order valence-corrected chi connectivity index (χ4v) is 3.33. The zero-order valence-electron chi connectivity index (χ0n) is 15.3. The lowest BCUT2D eigenvalue weighted by Gasteiger charge is -2.25. The lowest BCUT2D eigenvalue weighted by Crippen LogP contribution is -2.23.